The Morgan fingerprint density at radius 2 is 2.11 bits per heavy atom. The zero-order valence-electron chi connectivity index (χ0n) is 9.89. The number of hydrogen-bond acceptors (Lipinski definition) is 3. The minimum atomic E-state index is -0.0433. The lowest BCUT2D eigenvalue weighted by Gasteiger charge is -2.17. The first kappa shape index (κ1) is 13.1. The van der Waals surface area contributed by atoms with Crippen molar-refractivity contribution in [2.24, 2.45) is 0 Å². The predicted octanol–water partition coefficient (Wildman–Crippen LogP) is 3.37. The molecule has 1 heterocycles. The molecule has 0 unspecified atom stereocenters. The number of halogens is 1. The van der Waals surface area contributed by atoms with Crippen molar-refractivity contribution in [2.45, 2.75) is 6.54 Å². The second-order valence-corrected chi connectivity index (χ2v) is 5.73. The van der Waals surface area contributed by atoms with Crippen LogP contribution in [0.15, 0.2) is 40.2 Å². The van der Waals surface area contributed by atoms with Gasteiger partial charge in [-0.2, -0.15) is 0 Å². The summed E-state index contributed by atoms with van der Waals surface area (Å²) in [5.74, 6) is -0.0433. The molecule has 0 fully saturated rings. The molecule has 5 heteroatoms. The van der Waals surface area contributed by atoms with Gasteiger partial charge in [-0.25, -0.2) is 0 Å². The molecular weight excluding hydrogens is 312 g/mol. The molecule has 0 saturated heterocycles. The van der Waals surface area contributed by atoms with Crippen LogP contribution < -0.4 is 5.73 Å². The van der Waals surface area contributed by atoms with E-state index in [2.05, 4.69) is 15.9 Å². The number of amides is 1. The van der Waals surface area contributed by atoms with E-state index in [0.717, 1.165) is 10.0 Å². The Balaban J connectivity index is 2.14. The minimum Gasteiger partial charge on any atom is -0.397 e. The number of nitrogens with two attached hydrogens (primary N) is 1. The molecule has 0 saturated carbocycles. The summed E-state index contributed by atoms with van der Waals surface area (Å²) in [6.45, 7) is 0.553. The monoisotopic (exact) mass is 324 g/mol. The van der Waals surface area contributed by atoms with Gasteiger partial charge in [0.15, 0.2) is 0 Å². The first-order chi connectivity index (χ1) is 8.59. The Labute approximate surface area is 118 Å². The SMILES string of the molecule is CN(Cc1ccccc1Br)C(=O)c1sccc1N. The van der Waals surface area contributed by atoms with Crippen molar-refractivity contribution >= 4 is 38.9 Å². The summed E-state index contributed by atoms with van der Waals surface area (Å²) >= 11 is 4.85. The Kier molecular flexibility index (Phi) is 4.04. The molecule has 0 aliphatic heterocycles. The summed E-state index contributed by atoms with van der Waals surface area (Å²) in [5, 5.41) is 1.83. The molecule has 1 aromatic carbocycles. The zero-order valence-corrected chi connectivity index (χ0v) is 12.3. The van der Waals surface area contributed by atoms with E-state index in [4.69, 9.17) is 5.73 Å². The third kappa shape index (κ3) is 2.73. The molecular formula is C13H13BrN2OS. The summed E-state index contributed by atoms with van der Waals surface area (Å²) in [7, 11) is 1.78. The van der Waals surface area contributed by atoms with Crippen molar-refractivity contribution in [1.82, 2.24) is 4.90 Å². The van der Waals surface area contributed by atoms with Gasteiger partial charge in [-0.15, -0.1) is 11.3 Å². The van der Waals surface area contributed by atoms with Crippen LogP contribution in [0.4, 0.5) is 5.69 Å². The average molecular weight is 325 g/mol. The van der Waals surface area contributed by atoms with Crippen LogP contribution in [0, 0.1) is 0 Å². The average Bonchev–Trinajstić information content (AvgIpc) is 2.77. The normalized spacial score (nSPS) is 10.3. The van der Waals surface area contributed by atoms with Crippen molar-refractivity contribution in [3.8, 4) is 0 Å². The van der Waals surface area contributed by atoms with Crippen molar-refractivity contribution in [1.29, 1.82) is 0 Å². The van der Waals surface area contributed by atoms with Crippen LogP contribution in [0.2, 0.25) is 0 Å². The Bertz CT molecular complexity index is 568. The molecule has 0 aliphatic rings. The molecule has 1 aromatic heterocycles. The van der Waals surface area contributed by atoms with Gasteiger partial charge >= 0.3 is 0 Å². The third-order valence-electron chi connectivity index (χ3n) is 2.60. The lowest BCUT2D eigenvalue weighted by molar-refractivity contribution is 0.0790. The first-order valence-corrected chi connectivity index (χ1v) is 7.08. The number of carbonyl (C=O) groups excluding carboxylic acids is 1. The van der Waals surface area contributed by atoms with Crippen LogP contribution in [0.5, 0.6) is 0 Å². The van der Waals surface area contributed by atoms with E-state index in [1.54, 1.807) is 18.0 Å². The zero-order chi connectivity index (χ0) is 13.1. The fourth-order valence-electron chi connectivity index (χ4n) is 1.62. The number of thiophene rings is 1. The van der Waals surface area contributed by atoms with E-state index in [-0.39, 0.29) is 5.91 Å². The highest BCUT2D eigenvalue weighted by molar-refractivity contribution is 9.10. The summed E-state index contributed by atoms with van der Waals surface area (Å²) in [4.78, 5) is 14.5. The van der Waals surface area contributed by atoms with Crippen LogP contribution in [-0.4, -0.2) is 17.9 Å². The molecule has 3 nitrogen and oxygen atoms in total. The molecule has 0 aliphatic carbocycles. The molecule has 2 N–H and O–H groups in total. The van der Waals surface area contributed by atoms with E-state index in [1.165, 1.54) is 11.3 Å². The maximum atomic E-state index is 12.2. The van der Waals surface area contributed by atoms with Crippen LogP contribution in [-0.2, 0) is 6.54 Å². The summed E-state index contributed by atoms with van der Waals surface area (Å²) in [6, 6.07) is 9.62. The second kappa shape index (κ2) is 5.54. The fraction of sp³-hybridized carbons (Fsp3) is 0.154. The van der Waals surface area contributed by atoms with E-state index in [1.807, 2.05) is 29.6 Å². The number of rotatable bonds is 3. The summed E-state index contributed by atoms with van der Waals surface area (Å²) in [6.07, 6.45) is 0. The number of anilines is 1. The van der Waals surface area contributed by atoms with Crippen LogP contribution in [0.25, 0.3) is 0 Å². The molecule has 0 radical (unpaired) electrons. The van der Waals surface area contributed by atoms with Crippen LogP contribution in [0.3, 0.4) is 0 Å². The molecule has 0 atom stereocenters. The largest absolute Gasteiger partial charge is 0.397 e. The van der Waals surface area contributed by atoms with Crippen LogP contribution in [0.1, 0.15) is 15.2 Å². The summed E-state index contributed by atoms with van der Waals surface area (Å²) in [5.41, 5.74) is 7.37. The number of hydrogen-bond donors (Lipinski definition) is 1. The lowest BCUT2D eigenvalue weighted by atomic mass is 10.2. The number of nitrogen functional groups attached to an aromatic ring is 1. The third-order valence-corrected chi connectivity index (χ3v) is 4.29. The lowest BCUT2D eigenvalue weighted by Crippen LogP contribution is -2.26. The van der Waals surface area contributed by atoms with Gasteiger partial charge in [0, 0.05) is 18.1 Å². The maximum Gasteiger partial charge on any atom is 0.266 e. The molecule has 1 amide bonds. The number of carbonyl (C=O) groups is 1. The van der Waals surface area contributed by atoms with Gasteiger partial charge in [-0.3, -0.25) is 4.79 Å². The number of benzene rings is 1. The molecule has 0 bridgehead atoms. The Hall–Kier alpha value is -1.33. The highest BCUT2D eigenvalue weighted by Crippen LogP contribution is 2.22. The van der Waals surface area contributed by atoms with Gasteiger partial charge in [0.2, 0.25) is 0 Å². The van der Waals surface area contributed by atoms with Crippen molar-refractivity contribution in [3.05, 3.63) is 50.6 Å². The Morgan fingerprint density at radius 1 is 1.39 bits per heavy atom. The van der Waals surface area contributed by atoms with Gasteiger partial charge in [0.25, 0.3) is 5.91 Å². The van der Waals surface area contributed by atoms with E-state index in [9.17, 15) is 4.79 Å². The molecule has 2 rings (SSSR count). The van der Waals surface area contributed by atoms with Gasteiger partial charge in [-0.05, 0) is 23.1 Å². The number of nitrogens with zero attached hydrogens (tertiary/aromatic N) is 1. The molecule has 18 heavy (non-hydrogen) atoms. The smallest absolute Gasteiger partial charge is 0.266 e. The highest BCUT2D eigenvalue weighted by atomic mass is 79.9. The first-order valence-electron chi connectivity index (χ1n) is 5.41. The van der Waals surface area contributed by atoms with Crippen LogP contribution >= 0.6 is 27.3 Å². The fourth-order valence-corrected chi connectivity index (χ4v) is 2.84. The highest BCUT2D eigenvalue weighted by Gasteiger charge is 2.16. The van der Waals surface area contributed by atoms with E-state index in [0.29, 0.717) is 17.1 Å². The molecule has 2 aromatic rings. The standard InChI is InChI=1S/C13H13BrN2OS/c1-16(8-9-4-2-3-5-10(9)14)13(17)12-11(15)6-7-18-12/h2-7H,8,15H2,1H3. The van der Waals surface area contributed by atoms with E-state index >= 15 is 0 Å². The van der Waals surface area contributed by atoms with E-state index < -0.39 is 0 Å². The van der Waals surface area contributed by atoms with Crippen molar-refractivity contribution < 1.29 is 4.79 Å². The minimum absolute atomic E-state index is 0.0433. The van der Waals surface area contributed by atoms with Gasteiger partial charge < -0.3 is 10.6 Å². The van der Waals surface area contributed by atoms with Gasteiger partial charge in [-0.1, -0.05) is 34.1 Å². The predicted molar refractivity (Wildman–Crippen MR) is 78.7 cm³/mol. The Morgan fingerprint density at radius 3 is 2.72 bits per heavy atom. The van der Waals surface area contributed by atoms with Gasteiger partial charge in [0.05, 0.1) is 5.69 Å². The van der Waals surface area contributed by atoms with Crippen molar-refractivity contribution in [2.75, 3.05) is 12.8 Å². The molecule has 0 spiro atoms. The van der Waals surface area contributed by atoms with Gasteiger partial charge in [0.1, 0.15) is 4.88 Å². The second-order valence-electron chi connectivity index (χ2n) is 3.96. The topological polar surface area (TPSA) is 46.3 Å². The maximum absolute atomic E-state index is 12.2. The van der Waals surface area contributed by atoms with Crippen molar-refractivity contribution in [3.63, 3.8) is 0 Å². The quantitative estimate of drug-likeness (QED) is 0.940. The summed E-state index contributed by atoms with van der Waals surface area (Å²) < 4.78 is 1.00. The molecule has 94 valence electrons.